The molecule has 0 bridgehead atoms. The summed E-state index contributed by atoms with van der Waals surface area (Å²) >= 11 is 0. The average molecular weight is 487 g/mol. The van der Waals surface area contributed by atoms with E-state index in [0.717, 1.165) is 34.5 Å². The number of rotatable bonds is 8. The van der Waals surface area contributed by atoms with Crippen molar-refractivity contribution in [3.8, 4) is 5.75 Å². The minimum atomic E-state index is -5.08. The molecule has 1 aliphatic rings. The van der Waals surface area contributed by atoms with Crippen molar-refractivity contribution in [3.63, 3.8) is 0 Å². The molecule has 0 amide bonds. The van der Waals surface area contributed by atoms with E-state index in [1.54, 1.807) is 0 Å². The minimum absolute atomic E-state index is 0.171. The zero-order valence-electron chi connectivity index (χ0n) is 18.5. The van der Waals surface area contributed by atoms with Gasteiger partial charge in [-0.25, -0.2) is 4.79 Å². The summed E-state index contributed by atoms with van der Waals surface area (Å²) in [4.78, 5) is 19.9. The first-order valence-electron chi connectivity index (χ1n) is 10.8. The monoisotopic (exact) mass is 487 g/mol. The molecule has 0 heterocycles. The Kier molecular flexibility index (Phi) is 8.35. The number of ether oxygens (including phenoxy) is 1. The fourth-order valence-electron chi connectivity index (χ4n) is 3.37. The molecule has 1 fully saturated rings. The lowest BCUT2D eigenvalue weighted by Gasteiger charge is -2.10. The van der Waals surface area contributed by atoms with Crippen molar-refractivity contribution in [2.24, 2.45) is 5.92 Å². The van der Waals surface area contributed by atoms with Crippen LogP contribution in [0.15, 0.2) is 78.9 Å². The van der Waals surface area contributed by atoms with E-state index in [4.69, 9.17) is 19.7 Å². The van der Waals surface area contributed by atoms with Crippen molar-refractivity contribution in [1.82, 2.24) is 0 Å². The van der Waals surface area contributed by atoms with E-state index in [1.807, 2.05) is 60.7 Å². The molecule has 0 aromatic heterocycles. The second-order valence-corrected chi connectivity index (χ2v) is 7.99. The topological polar surface area (TPSA) is 95.9 Å². The summed E-state index contributed by atoms with van der Waals surface area (Å²) in [5.41, 5.74) is 4.41. The lowest BCUT2D eigenvalue weighted by atomic mass is 10.1. The summed E-state index contributed by atoms with van der Waals surface area (Å²) in [6, 6.07) is 26.3. The molecule has 2 unspecified atom stereocenters. The number of alkyl halides is 3. The van der Waals surface area contributed by atoms with Gasteiger partial charge in [0, 0.05) is 12.2 Å². The van der Waals surface area contributed by atoms with Crippen LogP contribution in [0.3, 0.4) is 0 Å². The third kappa shape index (κ3) is 8.06. The maximum atomic E-state index is 11.0. The number of carboxylic acids is 2. The Morgan fingerprint density at radius 2 is 1.54 bits per heavy atom. The van der Waals surface area contributed by atoms with Crippen LogP contribution in [0.5, 0.6) is 5.75 Å². The molecule has 4 rings (SSSR count). The summed E-state index contributed by atoms with van der Waals surface area (Å²) < 4.78 is 37.6. The third-order valence-electron chi connectivity index (χ3n) is 5.33. The molecule has 3 aromatic rings. The van der Waals surface area contributed by atoms with Gasteiger partial charge in [0.15, 0.2) is 0 Å². The molecule has 3 N–H and O–H groups in total. The SMILES string of the molecule is O=C(O)C(F)(F)F.O=C(O)C1CC1c1ccc(NCc2cccc(OCc3ccccc3)c2)cc1. The molecule has 184 valence electrons. The van der Waals surface area contributed by atoms with Gasteiger partial charge in [-0.15, -0.1) is 0 Å². The Morgan fingerprint density at radius 3 is 2.11 bits per heavy atom. The van der Waals surface area contributed by atoms with Gasteiger partial charge in [0.2, 0.25) is 0 Å². The van der Waals surface area contributed by atoms with E-state index in [2.05, 4.69) is 23.5 Å². The van der Waals surface area contributed by atoms with Crippen LogP contribution in [0.1, 0.15) is 29.0 Å². The Hall–Kier alpha value is -4.01. The van der Waals surface area contributed by atoms with E-state index in [-0.39, 0.29) is 11.8 Å². The normalized spacial score (nSPS) is 16.4. The first-order chi connectivity index (χ1) is 16.6. The largest absolute Gasteiger partial charge is 0.490 e. The molecule has 0 spiro atoms. The van der Waals surface area contributed by atoms with Crippen molar-refractivity contribution in [1.29, 1.82) is 0 Å². The number of aliphatic carboxylic acids is 2. The van der Waals surface area contributed by atoms with Crippen LogP contribution in [-0.2, 0) is 22.7 Å². The van der Waals surface area contributed by atoms with Crippen LogP contribution < -0.4 is 10.1 Å². The van der Waals surface area contributed by atoms with Gasteiger partial charge in [0.25, 0.3) is 0 Å². The fraction of sp³-hybridized carbons (Fsp3) is 0.231. The highest BCUT2D eigenvalue weighted by atomic mass is 19.4. The number of carbonyl (C=O) groups is 2. The molecular weight excluding hydrogens is 463 g/mol. The zero-order valence-corrected chi connectivity index (χ0v) is 18.5. The number of carboxylic acid groups (broad SMARTS) is 2. The van der Waals surface area contributed by atoms with Gasteiger partial charge in [0.05, 0.1) is 5.92 Å². The van der Waals surface area contributed by atoms with Crippen molar-refractivity contribution >= 4 is 17.6 Å². The Morgan fingerprint density at radius 1 is 0.914 bits per heavy atom. The summed E-state index contributed by atoms with van der Waals surface area (Å²) in [6.07, 6.45) is -4.34. The van der Waals surface area contributed by atoms with Crippen LogP contribution in [-0.4, -0.2) is 28.3 Å². The number of halogens is 3. The fourth-order valence-corrected chi connectivity index (χ4v) is 3.37. The molecule has 9 heteroatoms. The standard InChI is InChI=1S/C24H23NO3.C2HF3O2/c26-24(27)23-14-22(23)19-9-11-20(12-10-19)25-15-18-7-4-8-21(13-18)28-16-17-5-2-1-3-6-17;3-2(4,5)1(6)7/h1-13,22-23,25H,14-16H2,(H,26,27);(H,6,7). The lowest BCUT2D eigenvalue weighted by Crippen LogP contribution is -2.21. The van der Waals surface area contributed by atoms with Crippen LogP contribution in [0.25, 0.3) is 0 Å². The second-order valence-electron chi connectivity index (χ2n) is 7.99. The Balaban J connectivity index is 0.000000429. The highest BCUT2D eigenvalue weighted by molar-refractivity contribution is 5.75. The quantitative estimate of drug-likeness (QED) is 0.377. The first kappa shape index (κ1) is 25.6. The molecular formula is C26H24F3NO5. The van der Waals surface area contributed by atoms with Crippen molar-refractivity contribution in [2.75, 3.05) is 5.32 Å². The maximum Gasteiger partial charge on any atom is 0.490 e. The van der Waals surface area contributed by atoms with Gasteiger partial charge in [-0.2, -0.15) is 13.2 Å². The van der Waals surface area contributed by atoms with E-state index in [1.165, 1.54) is 0 Å². The lowest BCUT2D eigenvalue weighted by molar-refractivity contribution is -0.192. The number of hydrogen-bond donors (Lipinski definition) is 3. The Bertz CT molecular complexity index is 1130. The van der Waals surface area contributed by atoms with Crippen molar-refractivity contribution < 1.29 is 37.7 Å². The molecule has 0 saturated heterocycles. The molecule has 3 aromatic carbocycles. The van der Waals surface area contributed by atoms with Crippen LogP contribution >= 0.6 is 0 Å². The molecule has 0 radical (unpaired) electrons. The van der Waals surface area contributed by atoms with Gasteiger partial charge in [-0.3, -0.25) is 4.79 Å². The van der Waals surface area contributed by atoms with Gasteiger partial charge in [-0.1, -0.05) is 54.6 Å². The highest BCUT2D eigenvalue weighted by Gasteiger charge is 2.44. The van der Waals surface area contributed by atoms with Crippen LogP contribution in [0, 0.1) is 5.92 Å². The molecule has 35 heavy (non-hydrogen) atoms. The smallest absolute Gasteiger partial charge is 0.489 e. The van der Waals surface area contributed by atoms with Crippen LogP contribution in [0.4, 0.5) is 18.9 Å². The van der Waals surface area contributed by atoms with Gasteiger partial charge in [-0.05, 0) is 53.3 Å². The second kappa shape index (κ2) is 11.4. The van der Waals surface area contributed by atoms with E-state index < -0.39 is 18.1 Å². The minimum Gasteiger partial charge on any atom is -0.489 e. The first-order valence-corrected chi connectivity index (χ1v) is 10.8. The number of nitrogens with one attached hydrogen (secondary N) is 1. The third-order valence-corrected chi connectivity index (χ3v) is 5.33. The van der Waals surface area contributed by atoms with Gasteiger partial charge in [0.1, 0.15) is 12.4 Å². The highest BCUT2D eigenvalue weighted by Crippen LogP contribution is 2.47. The molecule has 0 aliphatic heterocycles. The van der Waals surface area contributed by atoms with Gasteiger partial charge >= 0.3 is 18.1 Å². The van der Waals surface area contributed by atoms with Crippen molar-refractivity contribution in [2.45, 2.75) is 31.7 Å². The number of hydrogen-bond acceptors (Lipinski definition) is 4. The van der Waals surface area contributed by atoms with E-state index in [9.17, 15) is 18.0 Å². The van der Waals surface area contributed by atoms with E-state index >= 15 is 0 Å². The average Bonchev–Trinajstić information content (AvgIpc) is 3.64. The van der Waals surface area contributed by atoms with E-state index in [0.29, 0.717) is 13.2 Å². The molecule has 1 saturated carbocycles. The summed E-state index contributed by atoms with van der Waals surface area (Å²) in [6.45, 7) is 1.25. The molecule has 2 atom stereocenters. The molecule has 1 aliphatic carbocycles. The number of anilines is 1. The summed E-state index contributed by atoms with van der Waals surface area (Å²) in [5.74, 6) is -2.64. The summed E-state index contributed by atoms with van der Waals surface area (Å²) in [5, 5.41) is 19.6. The van der Waals surface area contributed by atoms with Gasteiger partial charge < -0.3 is 20.3 Å². The van der Waals surface area contributed by atoms with Crippen molar-refractivity contribution in [3.05, 3.63) is 95.6 Å². The Labute approximate surface area is 200 Å². The molecule has 6 nitrogen and oxygen atoms in total. The predicted octanol–water partition coefficient (Wildman–Crippen LogP) is 5.70. The maximum absolute atomic E-state index is 11.0. The predicted molar refractivity (Wildman–Crippen MR) is 123 cm³/mol. The number of benzene rings is 3. The van der Waals surface area contributed by atoms with Crippen LogP contribution in [0.2, 0.25) is 0 Å². The summed E-state index contributed by atoms with van der Waals surface area (Å²) in [7, 11) is 0. The zero-order chi connectivity index (χ0) is 25.4.